The van der Waals surface area contributed by atoms with E-state index in [9.17, 15) is 0 Å². The fourth-order valence-electron chi connectivity index (χ4n) is 1.40. The fourth-order valence-corrected chi connectivity index (χ4v) is 1.58. The average Bonchev–Trinajstić information content (AvgIpc) is 2.61. The highest BCUT2D eigenvalue weighted by molar-refractivity contribution is 6.32. The Bertz CT molecular complexity index is 331. The van der Waals surface area contributed by atoms with Crippen molar-refractivity contribution in [2.45, 2.75) is 19.3 Å². The van der Waals surface area contributed by atoms with E-state index >= 15 is 0 Å². The minimum Gasteiger partial charge on any atom is -0.461 e. The summed E-state index contributed by atoms with van der Waals surface area (Å²) in [6.45, 7) is 0. The van der Waals surface area contributed by atoms with E-state index in [4.69, 9.17) is 16.3 Å². The zero-order chi connectivity index (χ0) is 9.10. The molecule has 0 radical (unpaired) electrons. The molecule has 1 nitrogen and oxygen atoms in total. The third-order valence-electron chi connectivity index (χ3n) is 2.08. The molecule has 1 aliphatic rings. The molecule has 0 amide bonds. The van der Waals surface area contributed by atoms with Gasteiger partial charge in [-0.2, -0.15) is 0 Å². The second kappa shape index (κ2) is 3.84. The van der Waals surface area contributed by atoms with Crippen LogP contribution in [0.5, 0.6) is 5.75 Å². The Morgan fingerprint density at radius 1 is 1.23 bits per heavy atom. The molecule has 0 N–H and O–H groups in total. The standard InChI is InChI=1S/C11H11ClO/c12-10-7-3-4-8-11(10)13-9-5-1-2-6-9/h3-5,7-8H,1-2,6H2. The minimum atomic E-state index is 0.676. The lowest BCUT2D eigenvalue weighted by molar-refractivity contribution is 0.412. The minimum absolute atomic E-state index is 0.676. The number of halogens is 1. The molecule has 0 spiro atoms. The summed E-state index contributed by atoms with van der Waals surface area (Å²) < 4.78 is 5.64. The van der Waals surface area contributed by atoms with Crippen LogP contribution < -0.4 is 4.74 Å². The van der Waals surface area contributed by atoms with Gasteiger partial charge in [-0.15, -0.1) is 0 Å². The zero-order valence-electron chi connectivity index (χ0n) is 7.29. The number of ether oxygens (including phenoxy) is 1. The summed E-state index contributed by atoms with van der Waals surface area (Å²) in [6.07, 6.45) is 5.48. The fraction of sp³-hybridized carbons (Fsp3) is 0.273. The SMILES string of the molecule is Clc1ccccc1OC1=CCCC1. The first-order valence-corrected chi connectivity index (χ1v) is 4.85. The number of para-hydroxylation sites is 1. The molecule has 0 saturated carbocycles. The van der Waals surface area contributed by atoms with Gasteiger partial charge >= 0.3 is 0 Å². The summed E-state index contributed by atoms with van der Waals surface area (Å²) in [4.78, 5) is 0. The normalized spacial score (nSPS) is 15.6. The Morgan fingerprint density at radius 3 is 2.77 bits per heavy atom. The molecule has 0 aromatic heterocycles. The van der Waals surface area contributed by atoms with E-state index in [1.54, 1.807) is 0 Å². The van der Waals surface area contributed by atoms with Crippen LogP contribution in [0.4, 0.5) is 0 Å². The Kier molecular flexibility index (Phi) is 2.55. The summed E-state index contributed by atoms with van der Waals surface area (Å²) in [6, 6.07) is 7.56. The van der Waals surface area contributed by atoms with Gasteiger partial charge in [0.25, 0.3) is 0 Å². The Balaban J connectivity index is 2.13. The summed E-state index contributed by atoms with van der Waals surface area (Å²) in [5.74, 6) is 1.81. The smallest absolute Gasteiger partial charge is 0.145 e. The summed E-state index contributed by atoms with van der Waals surface area (Å²) in [5.41, 5.74) is 0. The summed E-state index contributed by atoms with van der Waals surface area (Å²) in [7, 11) is 0. The molecular weight excluding hydrogens is 184 g/mol. The van der Waals surface area contributed by atoms with E-state index in [0.717, 1.165) is 24.4 Å². The van der Waals surface area contributed by atoms with Crippen molar-refractivity contribution in [3.05, 3.63) is 41.1 Å². The van der Waals surface area contributed by atoms with Crippen molar-refractivity contribution in [2.75, 3.05) is 0 Å². The van der Waals surface area contributed by atoms with Crippen molar-refractivity contribution in [1.29, 1.82) is 0 Å². The maximum Gasteiger partial charge on any atom is 0.145 e. The van der Waals surface area contributed by atoms with Crippen LogP contribution in [-0.2, 0) is 0 Å². The van der Waals surface area contributed by atoms with Gasteiger partial charge in [-0.3, -0.25) is 0 Å². The van der Waals surface area contributed by atoms with Crippen LogP contribution in [0.3, 0.4) is 0 Å². The largest absolute Gasteiger partial charge is 0.461 e. The summed E-state index contributed by atoms with van der Waals surface area (Å²) >= 11 is 5.95. The highest BCUT2D eigenvalue weighted by Crippen LogP contribution is 2.28. The molecule has 0 bridgehead atoms. The van der Waals surface area contributed by atoms with Crippen LogP contribution in [0.2, 0.25) is 5.02 Å². The van der Waals surface area contributed by atoms with Crippen LogP contribution in [0.15, 0.2) is 36.1 Å². The molecule has 68 valence electrons. The van der Waals surface area contributed by atoms with Crippen LogP contribution in [0.1, 0.15) is 19.3 Å². The van der Waals surface area contributed by atoms with E-state index in [2.05, 4.69) is 6.08 Å². The van der Waals surface area contributed by atoms with Gasteiger partial charge in [0.05, 0.1) is 5.02 Å². The first-order chi connectivity index (χ1) is 6.36. The molecule has 0 unspecified atom stereocenters. The van der Waals surface area contributed by atoms with E-state index in [-0.39, 0.29) is 0 Å². The van der Waals surface area contributed by atoms with Gasteiger partial charge < -0.3 is 4.74 Å². The van der Waals surface area contributed by atoms with Gasteiger partial charge in [-0.1, -0.05) is 23.7 Å². The van der Waals surface area contributed by atoms with Gasteiger partial charge in [0.15, 0.2) is 0 Å². The Labute approximate surface area is 83.0 Å². The lowest BCUT2D eigenvalue weighted by Gasteiger charge is -2.07. The van der Waals surface area contributed by atoms with Gasteiger partial charge in [0, 0.05) is 6.42 Å². The lowest BCUT2D eigenvalue weighted by atomic mass is 10.3. The maximum absolute atomic E-state index is 5.95. The molecule has 1 aromatic rings. The third-order valence-corrected chi connectivity index (χ3v) is 2.39. The van der Waals surface area contributed by atoms with E-state index in [1.807, 2.05) is 24.3 Å². The zero-order valence-corrected chi connectivity index (χ0v) is 8.05. The third kappa shape index (κ3) is 2.04. The number of allylic oxidation sites excluding steroid dienone is 2. The molecule has 0 atom stereocenters. The van der Waals surface area contributed by atoms with Crippen molar-refractivity contribution in [3.63, 3.8) is 0 Å². The molecule has 1 aromatic carbocycles. The first-order valence-electron chi connectivity index (χ1n) is 4.48. The van der Waals surface area contributed by atoms with Crippen molar-refractivity contribution in [2.24, 2.45) is 0 Å². The maximum atomic E-state index is 5.95. The Hall–Kier alpha value is -0.950. The predicted octanol–water partition coefficient (Wildman–Crippen LogP) is 3.79. The molecule has 0 fully saturated rings. The van der Waals surface area contributed by atoms with E-state index < -0.39 is 0 Å². The Morgan fingerprint density at radius 2 is 2.08 bits per heavy atom. The molecule has 1 aliphatic carbocycles. The van der Waals surface area contributed by atoms with Gasteiger partial charge in [-0.05, 0) is 31.1 Å². The van der Waals surface area contributed by atoms with Crippen molar-refractivity contribution >= 4 is 11.6 Å². The summed E-state index contributed by atoms with van der Waals surface area (Å²) in [5, 5.41) is 0.676. The predicted molar refractivity (Wildman–Crippen MR) is 54.0 cm³/mol. The first kappa shape index (κ1) is 8.64. The monoisotopic (exact) mass is 194 g/mol. The number of hydrogen-bond donors (Lipinski definition) is 0. The van der Waals surface area contributed by atoms with Crippen LogP contribution in [0, 0.1) is 0 Å². The molecule has 2 rings (SSSR count). The van der Waals surface area contributed by atoms with Gasteiger partial charge in [0.2, 0.25) is 0 Å². The lowest BCUT2D eigenvalue weighted by Crippen LogP contribution is -1.91. The number of benzene rings is 1. The van der Waals surface area contributed by atoms with Crippen LogP contribution in [0.25, 0.3) is 0 Å². The molecule has 2 heteroatoms. The number of rotatable bonds is 2. The topological polar surface area (TPSA) is 9.23 Å². The average molecular weight is 195 g/mol. The molecule has 13 heavy (non-hydrogen) atoms. The quantitative estimate of drug-likeness (QED) is 0.696. The van der Waals surface area contributed by atoms with Gasteiger partial charge in [0.1, 0.15) is 11.5 Å². The van der Waals surface area contributed by atoms with E-state index in [1.165, 1.54) is 6.42 Å². The highest BCUT2D eigenvalue weighted by Gasteiger charge is 2.08. The van der Waals surface area contributed by atoms with Crippen molar-refractivity contribution in [1.82, 2.24) is 0 Å². The molecular formula is C11H11ClO. The van der Waals surface area contributed by atoms with Crippen LogP contribution in [-0.4, -0.2) is 0 Å². The van der Waals surface area contributed by atoms with E-state index in [0.29, 0.717) is 5.02 Å². The number of hydrogen-bond acceptors (Lipinski definition) is 1. The highest BCUT2D eigenvalue weighted by atomic mass is 35.5. The van der Waals surface area contributed by atoms with Crippen molar-refractivity contribution < 1.29 is 4.74 Å². The molecule has 0 heterocycles. The molecule has 0 aliphatic heterocycles. The van der Waals surface area contributed by atoms with Crippen molar-refractivity contribution in [3.8, 4) is 5.75 Å². The van der Waals surface area contributed by atoms with Gasteiger partial charge in [-0.25, -0.2) is 0 Å². The van der Waals surface area contributed by atoms with Crippen LogP contribution >= 0.6 is 11.6 Å². The molecule has 0 saturated heterocycles. The second-order valence-electron chi connectivity index (χ2n) is 3.10. The second-order valence-corrected chi connectivity index (χ2v) is 3.50.